The van der Waals surface area contributed by atoms with Crippen LogP contribution < -0.4 is 10.6 Å². The molecule has 0 aromatic heterocycles. The largest absolute Gasteiger partial charge is 0.479 e. The van der Waals surface area contributed by atoms with E-state index in [0.717, 1.165) is 25.7 Å². The first kappa shape index (κ1) is 17.5. The number of urea groups is 1. The van der Waals surface area contributed by atoms with E-state index in [-0.39, 0.29) is 37.2 Å². The number of nitrogens with zero attached hydrogens (tertiary/aromatic N) is 1. The van der Waals surface area contributed by atoms with Gasteiger partial charge in [0.1, 0.15) is 0 Å². The molecule has 2 aliphatic rings. The number of rotatable bonds is 4. The zero-order chi connectivity index (χ0) is 16.8. The van der Waals surface area contributed by atoms with Crippen LogP contribution in [0.2, 0.25) is 0 Å². The summed E-state index contributed by atoms with van der Waals surface area (Å²) in [5.41, 5.74) is 0. The van der Waals surface area contributed by atoms with Gasteiger partial charge < -0.3 is 25.4 Å². The highest BCUT2D eigenvalue weighted by Crippen LogP contribution is 2.17. The standard InChI is InChI=1S/C15H25N3O5/c1-10-8-18(9-12(23-10)14(20)21)13(19)7-16-15(22)17-11-5-3-2-4-6-11/h10-12H,2-9H2,1H3,(H,20,21)(H2,16,17,22)/t10-,12?/m1/s1. The summed E-state index contributed by atoms with van der Waals surface area (Å²) >= 11 is 0. The average molecular weight is 327 g/mol. The number of carbonyl (C=O) groups is 3. The monoisotopic (exact) mass is 327 g/mol. The van der Waals surface area contributed by atoms with Crippen LogP contribution in [0.1, 0.15) is 39.0 Å². The second-order valence-electron chi connectivity index (χ2n) is 6.23. The van der Waals surface area contributed by atoms with E-state index in [1.165, 1.54) is 11.3 Å². The number of carboxylic acids is 1. The van der Waals surface area contributed by atoms with Crippen LogP contribution in [0.4, 0.5) is 4.79 Å². The summed E-state index contributed by atoms with van der Waals surface area (Å²) in [6.45, 7) is 1.91. The van der Waals surface area contributed by atoms with Crippen molar-refractivity contribution in [2.75, 3.05) is 19.6 Å². The Bertz CT molecular complexity index is 450. The minimum absolute atomic E-state index is 0.00440. The zero-order valence-electron chi connectivity index (χ0n) is 13.4. The minimum Gasteiger partial charge on any atom is -0.479 e. The number of hydrogen-bond acceptors (Lipinski definition) is 4. The fraction of sp³-hybridized carbons (Fsp3) is 0.800. The maximum atomic E-state index is 12.1. The van der Waals surface area contributed by atoms with Crippen molar-refractivity contribution in [3.63, 3.8) is 0 Å². The first-order valence-electron chi connectivity index (χ1n) is 8.16. The number of amides is 3. The number of morpholine rings is 1. The molecule has 8 heteroatoms. The van der Waals surface area contributed by atoms with Gasteiger partial charge in [-0.1, -0.05) is 19.3 Å². The number of hydrogen-bond donors (Lipinski definition) is 3. The third-order valence-electron chi connectivity index (χ3n) is 4.23. The van der Waals surface area contributed by atoms with E-state index in [2.05, 4.69) is 10.6 Å². The highest BCUT2D eigenvalue weighted by Gasteiger charge is 2.32. The molecule has 0 radical (unpaired) electrons. The Kier molecular flexibility index (Phi) is 6.20. The lowest BCUT2D eigenvalue weighted by atomic mass is 9.96. The van der Waals surface area contributed by atoms with Crippen molar-refractivity contribution in [3.8, 4) is 0 Å². The van der Waals surface area contributed by atoms with Crippen molar-refractivity contribution in [2.45, 2.75) is 57.3 Å². The lowest BCUT2D eigenvalue weighted by molar-refractivity contribution is -0.166. The molecule has 2 fully saturated rings. The topological polar surface area (TPSA) is 108 Å². The van der Waals surface area contributed by atoms with Crippen LogP contribution in [0.5, 0.6) is 0 Å². The van der Waals surface area contributed by atoms with Crippen molar-refractivity contribution < 1.29 is 24.2 Å². The molecule has 0 spiro atoms. The first-order chi connectivity index (χ1) is 11.0. The molecule has 23 heavy (non-hydrogen) atoms. The van der Waals surface area contributed by atoms with Crippen molar-refractivity contribution in [1.29, 1.82) is 0 Å². The summed E-state index contributed by atoms with van der Waals surface area (Å²) in [7, 11) is 0. The first-order valence-corrected chi connectivity index (χ1v) is 8.16. The smallest absolute Gasteiger partial charge is 0.334 e. The summed E-state index contributed by atoms with van der Waals surface area (Å²) < 4.78 is 5.26. The van der Waals surface area contributed by atoms with Gasteiger partial charge in [0, 0.05) is 12.6 Å². The second kappa shape index (κ2) is 8.14. The maximum absolute atomic E-state index is 12.1. The Morgan fingerprint density at radius 1 is 1.17 bits per heavy atom. The van der Waals surface area contributed by atoms with Crippen molar-refractivity contribution in [1.82, 2.24) is 15.5 Å². The van der Waals surface area contributed by atoms with Crippen LogP contribution in [0.25, 0.3) is 0 Å². The van der Waals surface area contributed by atoms with E-state index in [1.54, 1.807) is 6.92 Å². The lowest BCUT2D eigenvalue weighted by Crippen LogP contribution is -2.54. The molecular weight excluding hydrogens is 302 g/mol. The minimum atomic E-state index is -1.09. The molecule has 0 bridgehead atoms. The summed E-state index contributed by atoms with van der Waals surface area (Å²) in [4.78, 5) is 36.4. The molecule has 1 aliphatic heterocycles. The van der Waals surface area contributed by atoms with Crippen LogP contribution in [0.15, 0.2) is 0 Å². The molecule has 3 amide bonds. The van der Waals surface area contributed by atoms with Gasteiger partial charge >= 0.3 is 12.0 Å². The normalized spacial score (nSPS) is 25.7. The third-order valence-corrected chi connectivity index (χ3v) is 4.23. The number of ether oxygens (including phenoxy) is 1. The molecule has 1 heterocycles. The molecule has 2 rings (SSSR count). The van der Waals surface area contributed by atoms with Crippen LogP contribution in [0.3, 0.4) is 0 Å². The Labute approximate surface area is 135 Å². The average Bonchev–Trinajstić information content (AvgIpc) is 2.53. The van der Waals surface area contributed by atoms with Gasteiger partial charge in [0.15, 0.2) is 6.10 Å². The number of nitrogens with one attached hydrogen (secondary N) is 2. The molecule has 8 nitrogen and oxygen atoms in total. The predicted molar refractivity (Wildman–Crippen MR) is 82.0 cm³/mol. The van der Waals surface area contributed by atoms with Gasteiger partial charge in [0.25, 0.3) is 0 Å². The van der Waals surface area contributed by atoms with Gasteiger partial charge in [0.05, 0.1) is 19.2 Å². The Balaban J connectivity index is 1.74. The van der Waals surface area contributed by atoms with Crippen LogP contribution in [-0.4, -0.2) is 65.8 Å². The molecule has 130 valence electrons. The van der Waals surface area contributed by atoms with E-state index in [0.29, 0.717) is 6.54 Å². The number of carboxylic acid groups (broad SMARTS) is 1. The lowest BCUT2D eigenvalue weighted by Gasteiger charge is -2.35. The van der Waals surface area contributed by atoms with Crippen molar-refractivity contribution in [2.24, 2.45) is 0 Å². The van der Waals surface area contributed by atoms with E-state index < -0.39 is 12.1 Å². The second-order valence-corrected chi connectivity index (χ2v) is 6.23. The molecule has 0 aromatic rings. The molecule has 3 N–H and O–H groups in total. The zero-order valence-corrected chi connectivity index (χ0v) is 13.4. The summed E-state index contributed by atoms with van der Waals surface area (Å²) in [5, 5.41) is 14.4. The SMILES string of the molecule is C[C@@H]1CN(C(=O)CNC(=O)NC2CCCCC2)CC(C(=O)O)O1. The fourth-order valence-electron chi connectivity index (χ4n) is 3.04. The van der Waals surface area contributed by atoms with E-state index >= 15 is 0 Å². The van der Waals surface area contributed by atoms with E-state index in [1.807, 2.05) is 0 Å². The fourth-order valence-corrected chi connectivity index (χ4v) is 3.04. The third kappa shape index (κ3) is 5.38. The van der Waals surface area contributed by atoms with Gasteiger partial charge in [-0.3, -0.25) is 4.79 Å². The van der Waals surface area contributed by atoms with Gasteiger partial charge in [-0.15, -0.1) is 0 Å². The van der Waals surface area contributed by atoms with Crippen LogP contribution in [-0.2, 0) is 14.3 Å². The number of carbonyl (C=O) groups excluding carboxylic acids is 2. The molecular formula is C15H25N3O5. The molecule has 0 aromatic carbocycles. The van der Waals surface area contributed by atoms with Crippen LogP contribution >= 0.6 is 0 Å². The molecule has 1 unspecified atom stereocenters. The Morgan fingerprint density at radius 3 is 2.52 bits per heavy atom. The Morgan fingerprint density at radius 2 is 1.87 bits per heavy atom. The Hall–Kier alpha value is -1.83. The van der Waals surface area contributed by atoms with Gasteiger partial charge in [-0.05, 0) is 19.8 Å². The van der Waals surface area contributed by atoms with Crippen molar-refractivity contribution >= 4 is 17.9 Å². The van der Waals surface area contributed by atoms with Crippen LogP contribution in [0, 0.1) is 0 Å². The van der Waals surface area contributed by atoms with E-state index in [4.69, 9.17) is 9.84 Å². The molecule has 1 aliphatic carbocycles. The van der Waals surface area contributed by atoms with E-state index in [9.17, 15) is 14.4 Å². The predicted octanol–water partition coefficient (Wildman–Crippen LogP) is 0.319. The molecule has 2 atom stereocenters. The highest BCUT2D eigenvalue weighted by molar-refractivity contribution is 5.84. The van der Waals surface area contributed by atoms with Gasteiger partial charge in [-0.2, -0.15) is 0 Å². The van der Waals surface area contributed by atoms with Crippen molar-refractivity contribution in [3.05, 3.63) is 0 Å². The van der Waals surface area contributed by atoms with Gasteiger partial charge in [0.2, 0.25) is 5.91 Å². The summed E-state index contributed by atoms with van der Waals surface area (Å²) in [5.74, 6) is -1.39. The highest BCUT2D eigenvalue weighted by atomic mass is 16.5. The molecule has 1 saturated carbocycles. The number of aliphatic carboxylic acids is 1. The van der Waals surface area contributed by atoms with Gasteiger partial charge in [-0.25, -0.2) is 9.59 Å². The molecule has 1 saturated heterocycles. The maximum Gasteiger partial charge on any atom is 0.334 e. The summed E-state index contributed by atoms with van der Waals surface area (Å²) in [6.07, 6.45) is 4.03. The summed E-state index contributed by atoms with van der Waals surface area (Å²) in [6, 6.07) is -0.167. The quantitative estimate of drug-likeness (QED) is 0.689.